The fourth-order valence-electron chi connectivity index (χ4n) is 2.10. The molecule has 0 radical (unpaired) electrons. The summed E-state index contributed by atoms with van der Waals surface area (Å²) >= 11 is 0. The first-order chi connectivity index (χ1) is 8.36. The van der Waals surface area contributed by atoms with E-state index in [0.717, 1.165) is 0 Å². The van der Waals surface area contributed by atoms with Crippen LogP contribution in [0.2, 0.25) is 0 Å². The number of hydrogen-bond donors (Lipinski definition) is 2. The normalized spacial score (nSPS) is 16.9. The van der Waals surface area contributed by atoms with Gasteiger partial charge < -0.3 is 15.0 Å². The molecule has 0 aromatic carbocycles. The number of nitrogens with zero attached hydrogens (tertiary/aromatic N) is 1. The van der Waals surface area contributed by atoms with Crippen molar-refractivity contribution in [2.45, 2.75) is 38.2 Å². The summed E-state index contributed by atoms with van der Waals surface area (Å²) in [5.74, 6) is 0.361. The zero-order chi connectivity index (χ0) is 11.9. The van der Waals surface area contributed by atoms with Gasteiger partial charge in [0.25, 0.3) is 5.56 Å². The third-order valence-electron chi connectivity index (χ3n) is 3.01. The van der Waals surface area contributed by atoms with Crippen LogP contribution in [-0.2, 0) is 4.74 Å². The Balaban J connectivity index is 1.66. The maximum atomic E-state index is 11.3. The zero-order valence-corrected chi connectivity index (χ0v) is 9.95. The molecule has 5 nitrogen and oxygen atoms in total. The molecule has 1 saturated carbocycles. The quantitative estimate of drug-likeness (QED) is 0.762. The molecular formula is C12H19N3O2. The van der Waals surface area contributed by atoms with Crippen molar-refractivity contribution in [2.75, 3.05) is 18.5 Å². The van der Waals surface area contributed by atoms with E-state index >= 15 is 0 Å². The molecule has 2 rings (SSSR count). The predicted octanol–water partition coefficient (Wildman–Crippen LogP) is 1.53. The standard InChI is InChI=1S/C12H19N3O2/c16-12-11(13-6-7-15-12)14-8-9-17-10-4-2-1-3-5-10/h6-7,10H,1-5,8-9H2,(H,13,14)(H,15,16). The molecule has 1 aromatic rings. The number of aromatic nitrogens is 2. The summed E-state index contributed by atoms with van der Waals surface area (Å²) in [7, 11) is 0. The van der Waals surface area contributed by atoms with Gasteiger partial charge in [-0.25, -0.2) is 4.98 Å². The number of H-pyrrole nitrogens is 1. The predicted molar refractivity (Wildman–Crippen MR) is 66.2 cm³/mol. The largest absolute Gasteiger partial charge is 0.376 e. The molecule has 0 saturated heterocycles. The van der Waals surface area contributed by atoms with Crippen LogP contribution in [0.5, 0.6) is 0 Å². The van der Waals surface area contributed by atoms with E-state index < -0.39 is 0 Å². The van der Waals surface area contributed by atoms with Gasteiger partial charge in [-0.15, -0.1) is 0 Å². The fraction of sp³-hybridized carbons (Fsp3) is 0.667. The highest BCUT2D eigenvalue weighted by atomic mass is 16.5. The molecular weight excluding hydrogens is 218 g/mol. The maximum absolute atomic E-state index is 11.3. The average Bonchev–Trinajstić information content (AvgIpc) is 2.38. The van der Waals surface area contributed by atoms with Gasteiger partial charge in [-0.2, -0.15) is 0 Å². The number of rotatable bonds is 5. The Morgan fingerprint density at radius 1 is 1.41 bits per heavy atom. The van der Waals surface area contributed by atoms with Gasteiger partial charge in [-0.1, -0.05) is 19.3 Å². The van der Waals surface area contributed by atoms with E-state index in [1.54, 1.807) is 6.20 Å². The van der Waals surface area contributed by atoms with Crippen LogP contribution in [0.1, 0.15) is 32.1 Å². The molecule has 0 aliphatic heterocycles. The van der Waals surface area contributed by atoms with E-state index in [1.165, 1.54) is 38.3 Å². The van der Waals surface area contributed by atoms with E-state index in [1.807, 2.05) is 0 Å². The van der Waals surface area contributed by atoms with Gasteiger partial charge in [0.05, 0.1) is 12.7 Å². The second kappa shape index (κ2) is 6.39. The number of hydrogen-bond acceptors (Lipinski definition) is 4. The Labute approximate surface area is 101 Å². The molecule has 1 aliphatic carbocycles. The van der Waals surface area contributed by atoms with E-state index in [9.17, 15) is 4.79 Å². The lowest BCUT2D eigenvalue weighted by Gasteiger charge is -2.21. The summed E-state index contributed by atoms with van der Waals surface area (Å²) in [6, 6.07) is 0. The van der Waals surface area contributed by atoms with Gasteiger partial charge >= 0.3 is 0 Å². The van der Waals surface area contributed by atoms with Crippen LogP contribution in [-0.4, -0.2) is 29.2 Å². The van der Waals surface area contributed by atoms with Crippen LogP contribution in [0, 0.1) is 0 Å². The molecule has 0 spiro atoms. The highest BCUT2D eigenvalue weighted by molar-refractivity contribution is 5.29. The van der Waals surface area contributed by atoms with Crippen LogP contribution in [0.25, 0.3) is 0 Å². The molecule has 17 heavy (non-hydrogen) atoms. The van der Waals surface area contributed by atoms with Crippen LogP contribution in [0.3, 0.4) is 0 Å². The summed E-state index contributed by atoms with van der Waals surface area (Å²) in [5.41, 5.74) is -0.190. The van der Waals surface area contributed by atoms with Crippen molar-refractivity contribution in [1.29, 1.82) is 0 Å². The summed E-state index contributed by atoms with van der Waals surface area (Å²) in [6.45, 7) is 1.25. The van der Waals surface area contributed by atoms with Gasteiger partial charge in [0, 0.05) is 18.9 Å². The molecule has 2 N–H and O–H groups in total. The summed E-state index contributed by atoms with van der Waals surface area (Å²) in [4.78, 5) is 17.8. The number of ether oxygens (including phenoxy) is 1. The Hall–Kier alpha value is -1.36. The minimum Gasteiger partial charge on any atom is -0.376 e. The Bertz CT molecular complexity index is 385. The Morgan fingerprint density at radius 3 is 3.00 bits per heavy atom. The second-order valence-electron chi connectivity index (χ2n) is 4.32. The lowest BCUT2D eigenvalue weighted by Crippen LogP contribution is -2.23. The zero-order valence-electron chi connectivity index (χ0n) is 9.95. The molecule has 0 bridgehead atoms. The minimum absolute atomic E-state index is 0.190. The molecule has 1 fully saturated rings. The molecule has 1 heterocycles. The number of aromatic amines is 1. The van der Waals surface area contributed by atoms with Crippen molar-refractivity contribution < 1.29 is 4.74 Å². The van der Waals surface area contributed by atoms with Crippen molar-refractivity contribution >= 4 is 5.82 Å². The van der Waals surface area contributed by atoms with Crippen LogP contribution >= 0.6 is 0 Å². The first-order valence-electron chi connectivity index (χ1n) is 6.25. The number of nitrogens with one attached hydrogen (secondary N) is 2. The van der Waals surface area contributed by atoms with Gasteiger partial charge in [-0.3, -0.25) is 4.79 Å². The van der Waals surface area contributed by atoms with E-state index in [0.29, 0.717) is 25.1 Å². The van der Waals surface area contributed by atoms with E-state index in [-0.39, 0.29) is 5.56 Å². The third-order valence-corrected chi connectivity index (χ3v) is 3.01. The lowest BCUT2D eigenvalue weighted by atomic mass is 9.98. The summed E-state index contributed by atoms with van der Waals surface area (Å²) < 4.78 is 5.74. The van der Waals surface area contributed by atoms with Crippen molar-refractivity contribution in [2.24, 2.45) is 0 Å². The monoisotopic (exact) mass is 237 g/mol. The molecule has 0 amide bonds. The topological polar surface area (TPSA) is 67.0 Å². The second-order valence-corrected chi connectivity index (χ2v) is 4.32. The molecule has 94 valence electrons. The maximum Gasteiger partial charge on any atom is 0.290 e. The summed E-state index contributed by atoms with van der Waals surface area (Å²) in [6.07, 6.45) is 9.72. The molecule has 5 heteroatoms. The highest BCUT2D eigenvalue weighted by Crippen LogP contribution is 2.19. The van der Waals surface area contributed by atoms with Gasteiger partial charge in [0.2, 0.25) is 0 Å². The average molecular weight is 237 g/mol. The fourth-order valence-corrected chi connectivity index (χ4v) is 2.10. The molecule has 1 aliphatic rings. The molecule has 0 unspecified atom stereocenters. The van der Waals surface area contributed by atoms with E-state index in [4.69, 9.17) is 4.74 Å². The van der Waals surface area contributed by atoms with Gasteiger partial charge in [-0.05, 0) is 12.8 Å². The van der Waals surface area contributed by atoms with Crippen molar-refractivity contribution in [3.8, 4) is 0 Å². The summed E-state index contributed by atoms with van der Waals surface area (Å²) in [5, 5.41) is 2.97. The van der Waals surface area contributed by atoms with Crippen LogP contribution in [0.4, 0.5) is 5.82 Å². The van der Waals surface area contributed by atoms with Crippen LogP contribution in [0.15, 0.2) is 17.2 Å². The van der Waals surface area contributed by atoms with E-state index in [2.05, 4.69) is 15.3 Å². The first-order valence-corrected chi connectivity index (χ1v) is 6.25. The smallest absolute Gasteiger partial charge is 0.290 e. The van der Waals surface area contributed by atoms with Crippen LogP contribution < -0.4 is 10.9 Å². The van der Waals surface area contributed by atoms with Crippen molar-refractivity contribution in [3.05, 3.63) is 22.7 Å². The third kappa shape index (κ3) is 3.85. The number of anilines is 1. The lowest BCUT2D eigenvalue weighted by molar-refractivity contribution is 0.0347. The highest BCUT2D eigenvalue weighted by Gasteiger charge is 2.13. The molecule has 0 atom stereocenters. The Morgan fingerprint density at radius 2 is 2.24 bits per heavy atom. The van der Waals surface area contributed by atoms with Gasteiger partial charge in [0.15, 0.2) is 5.82 Å². The Kier molecular flexibility index (Phi) is 4.55. The first kappa shape index (κ1) is 12.1. The van der Waals surface area contributed by atoms with Crippen molar-refractivity contribution in [3.63, 3.8) is 0 Å². The SMILES string of the molecule is O=c1[nH]ccnc1NCCOC1CCCCC1. The minimum atomic E-state index is -0.190. The molecule has 1 aromatic heterocycles. The van der Waals surface area contributed by atoms with Gasteiger partial charge in [0.1, 0.15) is 0 Å². The van der Waals surface area contributed by atoms with Crippen molar-refractivity contribution in [1.82, 2.24) is 9.97 Å².